The van der Waals surface area contributed by atoms with Crippen molar-refractivity contribution in [3.8, 4) is 0 Å². The molecule has 1 unspecified atom stereocenters. The minimum atomic E-state index is -3.68. The Morgan fingerprint density at radius 2 is 1.66 bits per heavy atom. The molecule has 1 N–H and O–H groups in total. The van der Waals surface area contributed by atoms with Crippen molar-refractivity contribution in [2.45, 2.75) is 31.2 Å². The lowest BCUT2D eigenvalue weighted by Crippen LogP contribution is -2.29. The highest BCUT2D eigenvalue weighted by atomic mass is 32.2. The molecule has 1 atom stereocenters. The van der Waals surface area contributed by atoms with Crippen molar-refractivity contribution in [2.75, 3.05) is 23.8 Å². The van der Waals surface area contributed by atoms with E-state index in [1.807, 2.05) is 61.5 Å². The molecule has 182 valence electrons. The molecular formula is C27H29N3O4S. The van der Waals surface area contributed by atoms with Crippen LogP contribution in [0.4, 0.5) is 11.4 Å². The number of nitrogens with zero attached hydrogens (tertiary/aromatic N) is 2. The highest BCUT2D eigenvalue weighted by Gasteiger charge is 2.35. The van der Waals surface area contributed by atoms with Gasteiger partial charge in [0.05, 0.1) is 10.8 Å². The zero-order valence-corrected chi connectivity index (χ0v) is 20.7. The summed E-state index contributed by atoms with van der Waals surface area (Å²) in [6.45, 7) is 2.61. The molecule has 0 radical (unpaired) electrons. The molecule has 3 aromatic rings. The lowest BCUT2D eigenvalue weighted by Gasteiger charge is -2.20. The van der Waals surface area contributed by atoms with Crippen LogP contribution in [0.3, 0.4) is 0 Å². The molecule has 8 heteroatoms. The SMILES string of the molecule is CCc1ccccc1N1CC(C(=O)Nc2ccc(S(=O)(=O)N(C)Cc3ccccc3)cc2)CC1=O. The molecule has 0 saturated carbocycles. The molecule has 0 spiro atoms. The number of hydrogen-bond donors (Lipinski definition) is 1. The van der Waals surface area contributed by atoms with Crippen LogP contribution in [0.5, 0.6) is 0 Å². The summed E-state index contributed by atoms with van der Waals surface area (Å²) in [4.78, 5) is 27.3. The second-order valence-electron chi connectivity index (χ2n) is 8.65. The van der Waals surface area contributed by atoms with Gasteiger partial charge in [-0.3, -0.25) is 9.59 Å². The maximum Gasteiger partial charge on any atom is 0.243 e. The minimum absolute atomic E-state index is 0.0751. The van der Waals surface area contributed by atoms with Crippen molar-refractivity contribution >= 4 is 33.2 Å². The average molecular weight is 492 g/mol. The van der Waals surface area contributed by atoms with Crippen molar-refractivity contribution in [3.05, 3.63) is 90.0 Å². The van der Waals surface area contributed by atoms with Crippen LogP contribution in [0, 0.1) is 5.92 Å². The summed E-state index contributed by atoms with van der Waals surface area (Å²) < 4.78 is 27.2. The maximum absolute atomic E-state index is 12.9. The van der Waals surface area contributed by atoms with E-state index in [0.29, 0.717) is 12.2 Å². The highest BCUT2D eigenvalue weighted by molar-refractivity contribution is 7.89. The average Bonchev–Trinajstić information content (AvgIpc) is 3.26. The minimum Gasteiger partial charge on any atom is -0.326 e. The summed E-state index contributed by atoms with van der Waals surface area (Å²) in [5.41, 5.74) is 3.30. The second kappa shape index (κ2) is 10.4. The standard InChI is InChI=1S/C27H29N3O4S/c1-3-21-11-7-8-12-25(21)30-19-22(17-26(30)31)27(32)28-23-13-15-24(16-14-23)35(33,34)29(2)18-20-9-5-4-6-10-20/h4-16,22H,3,17-19H2,1-2H3,(H,28,32). The number of para-hydroxylation sites is 1. The van der Waals surface area contributed by atoms with Crippen LogP contribution in [-0.4, -0.2) is 38.1 Å². The first-order valence-electron chi connectivity index (χ1n) is 11.6. The van der Waals surface area contributed by atoms with Gasteiger partial charge in [0, 0.05) is 37.9 Å². The van der Waals surface area contributed by atoms with E-state index >= 15 is 0 Å². The Hall–Kier alpha value is -3.49. The fourth-order valence-electron chi connectivity index (χ4n) is 4.25. The van der Waals surface area contributed by atoms with Gasteiger partial charge in [0.1, 0.15) is 0 Å². The predicted octanol–water partition coefficient (Wildman–Crippen LogP) is 4.06. The molecule has 1 aliphatic heterocycles. The quantitative estimate of drug-likeness (QED) is 0.515. The largest absolute Gasteiger partial charge is 0.326 e. The van der Waals surface area contributed by atoms with Crippen LogP contribution in [0.15, 0.2) is 83.8 Å². The molecule has 0 bridgehead atoms. The number of hydrogen-bond acceptors (Lipinski definition) is 4. The number of aryl methyl sites for hydroxylation is 1. The number of sulfonamides is 1. The lowest BCUT2D eigenvalue weighted by atomic mass is 10.1. The van der Waals surface area contributed by atoms with E-state index in [1.54, 1.807) is 17.0 Å². The fourth-order valence-corrected chi connectivity index (χ4v) is 5.41. The van der Waals surface area contributed by atoms with E-state index in [0.717, 1.165) is 23.2 Å². The zero-order valence-electron chi connectivity index (χ0n) is 19.8. The van der Waals surface area contributed by atoms with Gasteiger partial charge in [0.25, 0.3) is 0 Å². The van der Waals surface area contributed by atoms with Crippen molar-refractivity contribution in [3.63, 3.8) is 0 Å². The lowest BCUT2D eigenvalue weighted by molar-refractivity contribution is -0.122. The number of anilines is 2. The van der Waals surface area contributed by atoms with E-state index in [2.05, 4.69) is 5.32 Å². The van der Waals surface area contributed by atoms with Crippen LogP contribution < -0.4 is 10.2 Å². The Bertz CT molecular complexity index is 1310. The van der Waals surface area contributed by atoms with Gasteiger partial charge < -0.3 is 10.2 Å². The van der Waals surface area contributed by atoms with Gasteiger partial charge in [-0.15, -0.1) is 0 Å². The van der Waals surface area contributed by atoms with Gasteiger partial charge in [-0.05, 0) is 47.9 Å². The summed E-state index contributed by atoms with van der Waals surface area (Å²) in [5.74, 6) is -0.812. The predicted molar refractivity (Wildman–Crippen MR) is 136 cm³/mol. The Kier molecular flexibility index (Phi) is 7.33. The highest BCUT2D eigenvalue weighted by Crippen LogP contribution is 2.29. The van der Waals surface area contributed by atoms with Crippen LogP contribution in [-0.2, 0) is 32.6 Å². The van der Waals surface area contributed by atoms with Gasteiger partial charge >= 0.3 is 0 Å². The molecule has 1 heterocycles. The molecule has 0 aromatic heterocycles. The third-order valence-electron chi connectivity index (χ3n) is 6.24. The third-order valence-corrected chi connectivity index (χ3v) is 8.05. The monoisotopic (exact) mass is 491 g/mol. The zero-order chi connectivity index (χ0) is 25.0. The summed E-state index contributed by atoms with van der Waals surface area (Å²) in [6.07, 6.45) is 0.938. The molecule has 3 aromatic carbocycles. The first-order valence-corrected chi connectivity index (χ1v) is 13.0. The summed E-state index contributed by atoms with van der Waals surface area (Å²) in [7, 11) is -2.14. The van der Waals surface area contributed by atoms with Crippen LogP contribution >= 0.6 is 0 Å². The van der Waals surface area contributed by atoms with E-state index in [9.17, 15) is 18.0 Å². The molecular weight excluding hydrogens is 462 g/mol. The van der Waals surface area contributed by atoms with E-state index < -0.39 is 15.9 Å². The molecule has 7 nitrogen and oxygen atoms in total. The first kappa shape index (κ1) is 24.6. The first-order chi connectivity index (χ1) is 16.8. The van der Waals surface area contributed by atoms with E-state index in [1.165, 1.54) is 23.5 Å². The molecule has 1 saturated heterocycles. The molecule has 1 fully saturated rings. The van der Waals surface area contributed by atoms with Gasteiger partial charge in [0.2, 0.25) is 21.8 Å². The normalized spacial score (nSPS) is 16.0. The third kappa shape index (κ3) is 5.44. The number of carbonyl (C=O) groups is 2. The van der Waals surface area contributed by atoms with Crippen molar-refractivity contribution < 1.29 is 18.0 Å². The number of carbonyl (C=O) groups excluding carboxylic acids is 2. The number of amides is 2. The van der Waals surface area contributed by atoms with Crippen LogP contribution in [0.25, 0.3) is 0 Å². The Morgan fingerprint density at radius 1 is 1.00 bits per heavy atom. The molecule has 1 aliphatic rings. The molecule has 35 heavy (non-hydrogen) atoms. The molecule has 4 rings (SSSR count). The second-order valence-corrected chi connectivity index (χ2v) is 10.7. The Labute approximate surface area is 206 Å². The molecule has 2 amide bonds. The van der Waals surface area contributed by atoms with Crippen LogP contribution in [0.2, 0.25) is 0 Å². The van der Waals surface area contributed by atoms with Crippen molar-refractivity contribution in [1.82, 2.24) is 4.31 Å². The smallest absolute Gasteiger partial charge is 0.243 e. The van der Waals surface area contributed by atoms with E-state index in [4.69, 9.17) is 0 Å². The van der Waals surface area contributed by atoms with Gasteiger partial charge in [-0.1, -0.05) is 55.5 Å². The fraction of sp³-hybridized carbons (Fsp3) is 0.259. The topological polar surface area (TPSA) is 86.8 Å². The van der Waals surface area contributed by atoms with Crippen molar-refractivity contribution in [2.24, 2.45) is 5.92 Å². The number of benzene rings is 3. The van der Waals surface area contributed by atoms with E-state index in [-0.39, 0.29) is 29.7 Å². The van der Waals surface area contributed by atoms with Gasteiger partial charge in [0.15, 0.2) is 0 Å². The Balaban J connectivity index is 1.40. The summed E-state index contributed by atoms with van der Waals surface area (Å²) in [5, 5.41) is 2.83. The summed E-state index contributed by atoms with van der Waals surface area (Å²) in [6, 6.07) is 23.2. The number of rotatable bonds is 8. The molecule has 0 aliphatic carbocycles. The van der Waals surface area contributed by atoms with Crippen LogP contribution in [0.1, 0.15) is 24.5 Å². The van der Waals surface area contributed by atoms with Gasteiger partial charge in [-0.2, -0.15) is 4.31 Å². The van der Waals surface area contributed by atoms with Gasteiger partial charge in [-0.25, -0.2) is 8.42 Å². The summed E-state index contributed by atoms with van der Waals surface area (Å²) >= 11 is 0. The Morgan fingerprint density at radius 3 is 2.34 bits per heavy atom. The maximum atomic E-state index is 12.9. The van der Waals surface area contributed by atoms with Crippen molar-refractivity contribution in [1.29, 1.82) is 0 Å². The number of nitrogens with one attached hydrogen (secondary N) is 1.